The number of hydrogen-bond donors (Lipinski definition) is 1. The van der Waals surface area contributed by atoms with E-state index in [4.69, 9.17) is 10.5 Å². The highest BCUT2D eigenvalue weighted by Gasteiger charge is 2.19. The lowest BCUT2D eigenvalue weighted by Crippen LogP contribution is -2.32. The van der Waals surface area contributed by atoms with E-state index < -0.39 is 0 Å². The van der Waals surface area contributed by atoms with Gasteiger partial charge in [-0.15, -0.1) is 0 Å². The predicted octanol–water partition coefficient (Wildman–Crippen LogP) is 2.71. The first-order chi connectivity index (χ1) is 6.68. The Morgan fingerprint density at radius 1 is 1.36 bits per heavy atom. The Morgan fingerprint density at radius 2 is 2.14 bits per heavy atom. The van der Waals surface area contributed by atoms with Gasteiger partial charge in [0, 0.05) is 12.6 Å². The quantitative estimate of drug-likeness (QED) is 0.691. The summed E-state index contributed by atoms with van der Waals surface area (Å²) in [5.74, 6) is 0.798. The van der Waals surface area contributed by atoms with Gasteiger partial charge in [-0.25, -0.2) is 0 Å². The van der Waals surface area contributed by atoms with Gasteiger partial charge in [-0.3, -0.25) is 0 Å². The van der Waals surface area contributed by atoms with Crippen LogP contribution in [0.1, 0.15) is 52.4 Å². The highest BCUT2D eigenvalue weighted by molar-refractivity contribution is 4.75. The average Bonchev–Trinajstić information content (AvgIpc) is 2.12. The molecule has 0 bridgehead atoms. The van der Waals surface area contributed by atoms with Crippen LogP contribution in [0.15, 0.2) is 0 Å². The van der Waals surface area contributed by atoms with Crippen molar-refractivity contribution in [2.75, 3.05) is 6.61 Å². The Kier molecular flexibility index (Phi) is 5.49. The molecule has 1 aliphatic rings. The number of ether oxygens (including phenoxy) is 1. The van der Waals surface area contributed by atoms with E-state index in [0.717, 1.165) is 18.9 Å². The van der Waals surface area contributed by atoms with Crippen LogP contribution in [-0.4, -0.2) is 18.8 Å². The van der Waals surface area contributed by atoms with Crippen molar-refractivity contribution in [2.24, 2.45) is 11.7 Å². The first-order valence-electron chi connectivity index (χ1n) is 6.05. The topological polar surface area (TPSA) is 35.2 Å². The number of nitrogens with two attached hydrogens (primary N) is 1. The van der Waals surface area contributed by atoms with Crippen molar-refractivity contribution in [2.45, 2.75) is 64.5 Å². The van der Waals surface area contributed by atoms with E-state index in [-0.39, 0.29) is 0 Å². The largest absolute Gasteiger partial charge is 0.378 e. The molecule has 2 N–H and O–H groups in total. The molecule has 0 aliphatic heterocycles. The zero-order chi connectivity index (χ0) is 10.4. The summed E-state index contributed by atoms with van der Waals surface area (Å²) in [7, 11) is 0. The molecule has 2 nitrogen and oxygen atoms in total. The van der Waals surface area contributed by atoms with Gasteiger partial charge in [0.15, 0.2) is 0 Å². The third kappa shape index (κ3) is 4.97. The van der Waals surface area contributed by atoms with E-state index in [1.807, 2.05) is 0 Å². The van der Waals surface area contributed by atoms with Crippen molar-refractivity contribution in [3.63, 3.8) is 0 Å². The van der Waals surface area contributed by atoms with E-state index in [0.29, 0.717) is 12.1 Å². The van der Waals surface area contributed by atoms with Crippen LogP contribution in [0.2, 0.25) is 0 Å². The van der Waals surface area contributed by atoms with Crippen LogP contribution in [0, 0.1) is 5.92 Å². The van der Waals surface area contributed by atoms with Crippen molar-refractivity contribution < 1.29 is 4.74 Å². The second-order valence-electron chi connectivity index (χ2n) is 4.96. The normalized spacial score (nSPS) is 28.3. The van der Waals surface area contributed by atoms with E-state index in [1.165, 1.54) is 32.1 Å². The Balaban J connectivity index is 2.00. The minimum absolute atomic E-state index is 0.388. The fourth-order valence-corrected chi connectivity index (χ4v) is 2.07. The highest BCUT2D eigenvalue weighted by atomic mass is 16.5. The molecule has 0 aromatic carbocycles. The summed E-state index contributed by atoms with van der Waals surface area (Å²) >= 11 is 0. The van der Waals surface area contributed by atoms with Gasteiger partial charge in [0.2, 0.25) is 0 Å². The molecule has 1 fully saturated rings. The summed E-state index contributed by atoms with van der Waals surface area (Å²) in [6.07, 6.45) is 7.65. The Hall–Kier alpha value is -0.0800. The van der Waals surface area contributed by atoms with E-state index in [2.05, 4.69) is 13.8 Å². The van der Waals surface area contributed by atoms with Crippen LogP contribution in [0.4, 0.5) is 0 Å². The van der Waals surface area contributed by atoms with Crippen molar-refractivity contribution in [3.05, 3.63) is 0 Å². The van der Waals surface area contributed by atoms with Gasteiger partial charge in [0.25, 0.3) is 0 Å². The molecule has 0 amide bonds. The maximum atomic E-state index is 5.90. The fraction of sp³-hybridized carbons (Fsp3) is 1.00. The Morgan fingerprint density at radius 3 is 2.79 bits per heavy atom. The zero-order valence-electron chi connectivity index (χ0n) is 9.67. The van der Waals surface area contributed by atoms with E-state index in [1.54, 1.807) is 0 Å². The highest BCUT2D eigenvalue weighted by Crippen LogP contribution is 2.20. The fourth-order valence-electron chi connectivity index (χ4n) is 2.07. The van der Waals surface area contributed by atoms with Crippen LogP contribution in [0.5, 0.6) is 0 Å². The van der Waals surface area contributed by atoms with Crippen LogP contribution in [0.3, 0.4) is 0 Å². The molecular formula is C12H25NO. The molecule has 84 valence electrons. The summed E-state index contributed by atoms with van der Waals surface area (Å²) in [5.41, 5.74) is 5.90. The van der Waals surface area contributed by atoms with Crippen LogP contribution < -0.4 is 5.73 Å². The minimum Gasteiger partial charge on any atom is -0.378 e. The Bertz CT molecular complexity index is 147. The van der Waals surface area contributed by atoms with Gasteiger partial charge in [-0.1, -0.05) is 13.8 Å². The van der Waals surface area contributed by atoms with Crippen LogP contribution in [0.25, 0.3) is 0 Å². The molecule has 0 spiro atoms. The second kappa shape index (κ2) is 6.41. The molecule has 0 aromatic heterocycles. The van der Waals surface area contributed by atoms with Crippen molar-refractivity contribution in [1.29, 1.82) is 0 Å². The third-order valence-corrected chi connectivity index (χ3v) is 2.95. The van der Waals surface area contributed by atoms with Gasteiger partial charge >= 0.3 is 0 Å². The lowest BCUT2D eigenvalue weighted by atomic mass is 9.93. The van der Waals surface area contributed by atoms with Gasteiger partial charge in [-0.05, 0) is 44.4 Å². The van der Waals surface area contributed by atoms with Gasteiger partial charge < -0.3 is 10.5 Å². The first kappa shape index (κ1) is 12.0. The molecule has 1 saturated carbocycles. The SMILES string of the molecule is CC(C)CCCOC1CCCC(N)C1. The second-order valence-corrected chi connectivity index (χ2v) is 4.96. The molecule has 2 heteroatoms. The number of rotatable bonds is 5. The van der Waals surface area contributed by atoms with Crippen molar-refractivity contribution in [3.8, 4) is 0 Å². The Labute approximate surface area is 88.2 Å². The minimum atomic E-state index is 0.388. The molecule has 0 heterocycles. The van der Waals surface area contributed by atoms with Crippen LogP contribution >= 0.6 is 0 Å². The third-order valence-electron chi connectivity index (χ3n) is 2.95. The molecule has 0 radical (unpaired) electrons. The molecule has 0 saturated heterocycles. The monoisotopic (exact) mass is 199 g/mol. The van der Waals surface area contributed by atoms with E-state index in [9.17, 15) is 0 Å². The van der Waals surface area contributed by atoms with Crippen LogP contribution in [-0.2, 0) is 4.74 Å². The lowest BCUT2D eigenvalue weighted by molar-refractivity contribution is 0.0207. The maximum Gasteiger partial charge on any atom is 0.0589 e. The maximum absolute atomic E-state index is 5.90. The van der Waals surface area contributed by atoms with E-state index >= 15 is 0 Å². The summed E-state index contributed by atoms with van der Waals surface area (Å²) in [5, 5.41) is 0. The molecule has 1 rings (SSSR count). The molecule has 1 aliphatic carbocycles. The molecule has 2 atom stereocenters. The van der Waals surface area contributed by atoms with Gasteiger partial charge in [0.05, 0.1) is 6.10 Å². The molecule has 14 heavy (non-hydrogen) atoms. The zero-order valence-corrected chi connectivity index (χ0v) is 9.67. The molecule has 2 unspecified atom stereocenters. The smallest absolute Gasteiger partial charge is 0.0589 e. The van der Waals surface area contributed by atoms with Crippen molar-refractivity contribution >= 4 is 0 Å². The van der Waals surface area contributed by atoms with Gasteiger partial charge in [-0.2, -0.15) is 0 Å². The molecule has 0 aromatic rings. The first-order valence-corrected chi connectivity index (χ1v) is 6.05. The number of hydrogen-bond acceptors (Lipinski definition) is 2. The lowest BCUT2D eigenvalue weighted by Gasteiger charge is -2.26. The summed E-state index contributed by atoms with van der Waals surface area (Å²) in [6, 6.07) is 0.388. The summed E-state index contributed by atoms with van der Waals surface area (Å²) in [4.78, 5) is 0. The standard InChI is InChI=1S/C12H25NO/c1-10(2)5-4-8-14-12-7-3-6-11(13)9-12/h10-12H,3-9,13H2,1-2H3. The summed E-state index contributed by atoms with van der Waals surface area (Å²) in [6.45, 7) is 5.45. The predicted molar refractivity (Wildman–Crippen MR) is 60.3 cm³/mol. The average molecular weight is 199 g/mol. The van der Waals surface area contributed by atoms with Gasteiger partial charge in [0.1, 0.15) is 0 Å². The molecular weight excluding hydrogens is 174 g/mol. The summed E-state index contributed by atoms with van der Waals surface area (Å²) < 4.78 is 5.82. The van der Waals surface area contributed by atoms with Crippen molar-refractivity contribution in [1.82, 2.24) is 0 Å².